The number of aromatic nitrogens is 1. The van der Waals surface area contributed by atoms with Crippen LogP contribution in [0.15, 0.2) is 23.6 Å². The number of anilines is 1. The SMILES string of the molecule is N=C(N)Nc1nc(-c2cc(Cl)ccc2Cl)cs1. The topological polar surface area (TPSA) is 74.8 Å². The van der Waals surface area contributed by atoms with Gasteiger partial charge in [-0.2, -0.15) is 0 Å². The van der Waals surface area contributed by atoms with Gasteiger partial charge in [0, 0.05) is 16.0 Å². The summed E-state index contributed by atoms with van der Waals surface area (Å²) >= 11 is 13.3. The van der Waals surface area contributed by atoms with E-state index in [-0.39, 0.29) is 5.96 Å². The van der Waals surface area contributed by atoms with E-state index >= 15 is 0 Å². The molecule has 4 nitrogen and oxygen atoms in total. The average Bonchev–Trinajstić information content (AvgIpc) is 2.69. The second-order valence-corrected chi connectivity index (χ2v) is 4.90. The van der Waals surface area contributed by atoms with Crippen molar-refractivity contribution in [2.45, 2.75) is 0 Å². The lowest BCUT2D eigenvalue weighted by Crippen LogP contribution is -2.20. The van der Waals surface area contributed by atoms with Crippen LogP contribution in [0.2, 0.25) is 10.0 Å². The Morgan fingerprint density at radius 1 is 1.41 bits per heavy atom. The maximum atomic E-state index is 7.11. The zero-order chi connectivity index (χ0) is 12.4. The summed E-state index contributed by atoms with van der Waals surface area (Å²) in [7, 11) is 0. The molecule has 0 amide bonds. The zero-order valence-corrected chi connectivity index (χ0v) is 10.8. The van der Waals surface area contributed by atoms with Crippen molar-refractivity contribution in [3.8, 4) is 11.3 Å². The van der Waals surface area contributed by atoms with Gasteiger partial charge in [0.25, 0.3) is 0 Å². The van der Waals surface area contributed by atoms with Gasteiger partial charge >= 0.3 is 0 Å². The highest BCUT2D eigenvalue weighted by Crippen LogP contribution is 2.32. The highest BCUT2D eigenvalue weighted by Gasteiger charge is 2.09. The van der Waals surface area contributed by atoms with E-state index in [1.807, 2.05) is 5.38 Å². The lowest BCUT2D eigenvalue weighted by Gasteiger charge is -2.01. The van der Waals surface area contributed by atoms with Crippen molar-refractivity contribution in [3.63, 3.8) is 0 Å². The van der Waals surface area contributed by atoms with Crippen molar-refractivity contribution in [2.24, 2.45) is 5.73 Å². The fourth-order valence-corrected chi connectivity index (χ4v) is 2.37. The number of guanidine groups is 1. The van der Waals surface area contributed by atoms with Crippen LogP contribution in [0.3, 0.4) is 0 Å². The van der Waals surface area contributed by atoms with Crippen LogP contribution in [-0.4, -0.2) is 10.9 Å². The van der Waals surface area contributed by atoms with Crippen LogP contribution in [0.5, 0.6) is 0 Å². The maximum absolute atomic E-state index is 7.11. The Labute approximate surface area is 112 Å². The van der Waals surface area contributed by atoms with Crippen molar-refractivity contribution in [1.82, 2.24) is 4.98 Å². The number of rotatable bonds is 2. The number of nitrogens with two attached hydrogens (primary N) is 1. The van der Waals surface area contributed by atoms with Crippen molar-refractivity contribution in [2.75, 3.05) is 5.32 Å². The molecule has 2 rings (SSSR count). The second-order valence-electron chi connectivity index (χ2n) is 3.20. The third kappa shape index (κ3) is 2.88. The zero-order valence-electron chi connectivity index (χ0n) is 8.50. The first-order valence-electron chi connectivity index (χ1n) is 4.58. The maximum Gasteiger partial charge on any atom is 0.192 e. The molecule has 0 saturated heterocycles. The average molecular weight is 287 g/mol. The predicted octanol–water partition coefficient (Wildman–Crippen LogP) is 3.42. The number of benzene rings is 1. The molecule has 0 radical (unpaired) electrons. The molecule has 1 aromatic carbocycles. The molecular weight excluding hydrogens is 279 g/mol. The van der Waals surface area contributed by atoms with E-state index in [9.17, 15) is 0 Å². The van der Waals surface area contributed by atoms with Gasteiger partial charge in [-0.05, 0) is 18.2 Å². The molecule has 1 heterocycles. The Kier molecular flexibility index (Phi) is 3.51. The van der Waals surface area contributed by atoms with Crippen LogP contribution in [0.4, 0.5) is 5.13 Å². The summed E-state index contributed by atoms with van der Waals surface area (Å²) in [6, 6.07) is 5.18. The summed E-state index contributed by atoms with van der Waals surface area (Å²) in [5.41, 5.74) is 6.67. The molecule has 17 heavy (non-hydrogen) atoms. The largest absolute Gasteiger partial charge is 0.370 e. The highest BCUT2D eigenvalue weighted by molar-refractivity contribution is 7.14. The van der Waals surface area contributed by atoms with E-state index in [2.05, 4.69) is 10.3 Å². The number of nitrogens with zero attached hydrogens (tertiary/aromatic N) is 1. The van der Waals surface area contributed by atoms with Gasteiger partial charge in [0.15, 0.2) is 11.1 Å². The van der Waals surface area contributed by atoms with E-state index in [0.717, 1.165) is 5.56 Å². The van der Waals surface area contributed by atoms with Gasteiger partial charge in [-0.1, -0.05) is 23.2 Å². The van der Waals surface area contributed by atoms with E-state index in [4.69, 9.17) is 34.3 Å². The summed E-state index contributed by atoms with van der Waals surface area (Å²) in [6.45, 7) is 0. The lowest BCUT2D eigenvalue weighted by atomic mass is 10.2. The number of nitrogens with one attached hydrogen (secondary N) is 2. The fourth-order valence-electron chi connectivity index (χ4n) is 1.26. The molecule has 88 valence electrons. The van der Waals surface area contributed by atoms with Gasteiger partial charge in [0.05, 0.1) is 10.7 Å². The quantitative estimate of drug-likeness (QED) is 0.585. The summed E-state index contributed by atoms with van der Waals surface area (Å²) in [5, 5.41) is 13.3. The number of thiazole rings is 1. The number of halogens is 2. The van der Waals surface area contributed by atoms with Crippen LogP contribution in [0, 0.1) is 5.41 Å². The molecule has 0 atom stereocenters. The molecule has 1 aromatic heterocycles. The first-order chi connectivity index (χ1) is 8.06. The van der Waals surface area contributed by atoms with Gasteiger partial charge < -0.3 is 11.1 Å². The van der Waals surface area contributed by atoms with E-state index in [1.165, 1.54) is 11.3 Å². The number of hydrogen-bond acceptors (Lipinski definition) is 3. The first-order valence-corrected chi connectivity index (χ1v) is 6.22. The van der Waals surface area contributed by atoms with Crippen LogP contribution in [0.1, 0.15) is 0 Å². The Bertz CT molecular complexity index is 567. The van der Waals surface area contributed by atoms with Crippen LogP contribution >= 0.6 is 34.5 Å². The predicted molar refractivity (Wildman–Crippen MR) is 73.1 cm³/mol. The molecule has 0 aliphatic carbocycles. The monoisotopic (exact) mass is 286 g/mol. The molecule has 2 aromatic rings. The second kappa shape index (κ2) is 4.91. The molecule has 0 unspecified atom stereocenters. The van der Waals surface area contributed by atoms with Crippen LogP contribution < -0.4 is 11.1 Å². The Hall–Kier alpha value is -1.30. The fraction of sp³-hybridized carbons (Fsp3) is 0. The van der Waals surface area contributed by atoms with Crippen LogP contribution in [0.25, 0.3) is 11.3 Å². The van der Waals surface area contributed by atoms with Gasteiger partial charge in [-0.25, -0.2) is 4.98 Å². The minimum absolute atomic E-state index is 0.150. The Balaban J connectivity index is 2.36. The first kappa shape index (κ1) is 12.2. The lowest BCUT2D eigenvalue weighted by molar-refractivity contribution is 1.36. The van der Waals surface area contributed by atoms with E-state index in [0.29, 0.717) is 20.9 Å². The normalized spacial score (nSPS) is 10.2. The molecule has 0 saturated carbocycles. The highest BCUT2D eigenvalue weighted by atomic mass is 35.5. The van der Waals surface area contributed by atoms with Crippen molar-refractivity contribution in [1.29, 1.82) is 5.41 Å². The minimum Gasteiger partial charge on any atom is -0.370 e. The number of hydrogen-bond donors (Lipinski definition) is 3. The molecular formula is C10H8Cl2N4S. The van der Waals surface area contributed by atoms with Gasteiger partial charge in [-0.15, -0.1) is 11.3 Å². The molecule has 0 fully saturated rings. The molecule has 0 aliphatic rings. The van der Waals surface area contributed by atoms with Gasteiger partial charge in [0.1, 0.15) is 0 Å². The van der Waals surface area contributed by atoms with Crippen molar-refractivity contribution in [3.05, 3.63) is 33.6 Å². The minimum atomic E-state index is -0.150. The molecule has 0 aliphatic heterocycles. The van der Waals surface area contributed by atoms with E-state index in [1.54, 1.807) is 18.2 Å². The van der Waals surface area contributed by atoms with Gasteiger partial charge in [-0.3, -0.25) is 5.41 Å². The Morgan fingerprint density at radius 2 is 2.18 bits per heavy atom. The Morgan fingerprint density at radius 3 is 2.88 bits per heavy atom. The standard InChI is InChI=1S/C10H8Cl2N4S/c11-5-1-2-7(12)6(3-5)8-4-17-10(15-8)16-9(13)14/h1-4H,(H4,13,14,15,16). The smallest absolute Gasteiger partial charge is 0.192 e. The summed E-state index contributed by atoms with van der Waals surface area (Å²) in [5.74, 6) is -0.150. The molecule has 0 spiro atoms. The molecule has 7 heteroatoms. The molecule has 0 bridgehead atoms. The third-order valence-electron chi connectivity index (χ3n) is 1.95. The summed E-state index contributed by atoms with van der Waals surface area (Å²) in [4.78, 5) is 4.27. The summed E-state index contributed by atoms with van der Waals surface area (Å²) < 4.78 is 0. The molecule has 4 N–H and O–H groups in total. The van der Waals surface area contributed by atoms with Gasteiger partial charge in [0.2, 0.25) is 0 Å². The van der Waals surface area contributed by atoms with Crippen molar-refractivity contribution < 1.29 is 0 Å². The van der Waals surface area contributed by atoms with Crippen LogP contribution in [-0.2, 0) is 0 Å². The third-order valence-corrected chi connectivity index (χ3v) is 3.27. The van der Waals surface area contributed by atoms with E-state index < -0.39 is 0 Å². The van der Waals surface area contributed by atoms with Crippen molar-refractivity contribution >= 4 is 45.6 Å². The summed E-state index contributed by atoms with van der Waals surface area (Å²) in [6.07, 6.45) is 0.